The van der Waals surface area contributed by atoms with Crippen LogP contribution in [0.25, 0.3) is 11.4 Å². The lowest BCUT2D eigenvalue weighted by Crippen LogP contribution is -2.11. The van der Waals surface area contributed by atoms with E-state index in [1.807, 2.05) is 0 Å². The monoisotopic (exact) mass is 284 g/mol. The minimum atomic E-state index is -0.339. The van der Waals surface area contributed by atoms with Crippen LogP contribution in [0.15, 0.2) is 30.6 Å². The maximum absolute atomic E-state index is 11.3. The first-order valence-corrected chi connectivity index (χ1v) is 5.91. The lowest BCUT2D eigenvalue weighted by Gasteiger charge is -2.07. The molecule has 1 heterocycles. The van der Waals surface area contributed by atoms with Crippen molar-refractivity contribution in [1.82, 2.24) is 9.55 Å². The number of hydrogen-bond acceptors (Lipinski definition) is 3. The fourth-order valence-corrected chi connectivity index (χ4v) is 1.83. The summed E-state index contributed by atoms with van der Waals surface area (Å²) < 4.78 is 6.31. The number of imidazole rings is 1. The van der Waals surface area contributed by atoms with Crippen LogP contribution in [-0.2, 0) is 16.1 Å². The number of nitrogens with zero attached hydrogens (tertiary/aromatic N) is 2. The molecule has 6 heteroatoms. The van der Waals surface area contributed by atoms with Crippen molar-refractivity contribution >= 4 is 29.2 Å². The van der Waals surface area contributed by atoms with Crippen LogP contribution >= 0.6 is 23.2 Å². The Kier molecular flexibility index (Phi) is 3.89. The number of ether oxygens (including phenoxy) is 1. The molecule has 94 valence electrons. The molecule has 1 aromatic carbocycles. The molecule has 4 nitrogen and oxygen atoms in total. The first kappa shape index (κ1) is 12.9. The minimum absolute atomic E-state index is 0.103. The highest BCUT2D eigenvalue weighted by Gasteiger charge is 2.10. The smallest absolute Gasteiger partial charge is 0.325 e. The van der Waals surface area contributed by atoms with E-state index in [1.54, 1.807) is 35.2 Å². The third-order valence-corrected chi connectivity index (χ3v) is 3.16. The van der Waals surface area contributed by atoms with Crippen LogP contribution in [0.1, 0.15) is 0 Å². The van der Waals surface area contributed by atoms with Gasteiger partial charge >= 0.3 is 5.97 Å². The zero-order valence-corrected chi connectivity index (χ0v) is 11.1. The molecular weight excluding hydrogens is 275 g/mol. The molecule has 0 amide bonds. The van der Waals surface area contributed by atoms with E-state index in [2.05, 4.69) is 9.72 Å². The van der Waals surface area contributed by atoms with Crippen LogP contribution in [-0.4, -0.2) is 22.6 Å². The van der Waals surface area contributed by atoms with Crippen molar-refractivity contribution in [3.05, 3.63) is 40.6 Å². The van der Waals surface area contributed by atoms with Crippen molar-refractivity contribution in [2.75, 3.05) is 7.11 Å². The summed E-state index contributed by atoms with van der Waals surface area (Å²) in [6.45, 7) is 0.103. The maximum atomic E-state index is 11.3. The molecule has 18 heavy (non-hydrogen) atoms. The molecule has 1 aromatic heterocycles. The van der Waals surface area contributed by atoms with Crippen molar-refractivity contribution in [2.45, 2.75) is 6.54 Å². The van der Waals surface area contributed by atoms with E-state index < -0.39 is 0 Å². The second-order valence-corrected chi connectivity index (χ2v) is 4.40. The first-order chi connectivity index (χ1) is 8.61. The maximum Gasteiger partial charge on any atom is 0.325 e. The van der Waals surface area contributed by atoms with Gasteiger partial charge in [-0.2, -0.15) is 0 Å². The van der Waals surface area contributed by atoms with E-state index in [4.69, 9.17) is 23.2 Å². The third-order valence-electron chi connectivity index (χ3n) is 2.42. The Morgan fingerprint density at radius 3 is 2.83 bits per heavy atom. The van der Waals surface area contributed by atoms with Crippen LogP contribution < -0.4 is 0 Å². The van der Waals surface area contributed by atoms with Gasteiger partial charge in [-0.15, -0.1) is 0 Å². The van der Waals surface area contributed by atoms with E-state index in [1.165, 1.54) is 7.11 Å². The largest absolute Gasteiger partial charge is 0.468 e. The molecule has 0 atom stereocenters. The van der Waals surface area contributed by atoms with Gasteiger partial charge in [0.1, 0.15) is 12.4 Å². The quantitative estimate of drug-likeness (QED) is 0.814. The summed E-state index contributed by atoms with van der Waals surface area (Å²) in [5, 5.41) is 0.924. The highest BCUT2D eigenvalue weighted by atomic mass is 35.5. The Labute approximate surface area is 114 Å². The average molecular weight is 285 g/mol. The van der Waals surface area contributed by atoms with Gasteiger partial charge in [0, 0.05) is 18.0 Å². The average Bonchev–Trinajstić information content (AvgIpc) is 2.80. The predicted octanol–water partition coefficient (Wildman–Crippen LogP) is 3.03. The van der Waals surface area contributed by atoms with Crippen LogP contribution in [0.5, 0.6) is 0 Å². The van der Waals surface area contributed by atoms with E-state index >= 15 is 0 Å². The Hall–Kier alpha value is -1.52. The zero-order chi connectivity index (χ0) is 13.1. The van der Waals surface area contributed by atoms with Gasteiger partial charge in [0.05, 0.1) is 17.2 Å². The Bertz CT molecular complexity index is 581. The lowest BCUT2D eigenvalue weighted by molar-refractivity contribution is -0.141. The van der Waals surface area contributed by atoms with E-state index in [9.17, 15) is 4.79 Å². The Balaban J connectivity index is 2.36. The molecular formula is C12H10Cl2N2O2. The first-order valence-electron chi connectivity index (χ1n) is 5.15. The highest BCUT2D eigenvalue weighted by Crippen LogP contribution is 2.27. The van der Waals surface area contributed by atoms with Gasteiger partial charge < -0.3 is 9.30 Å². The summed E-state index contributed by atoms with van der Waals surface area (Å²) >= 11 is 11.8. The Morgan fingerprint density at radius 2 is 2.17 bits per heavy atom. The molecule has 0 N–H and O–H groups in total. The van der Waals surface area contributed by atoms with E-state index in [0.29, 0.717) is 15.9 Å². The number of carbonyl (C=O) groups excluding carboxylic acids is 1. The van der Waals surface area contributed by atoms with Gasteiger partial charge in [-0.05, 0) is 18.2 Å². The SMILES string of the molecule is COC(=O)Cn1ccnc1-c1ccc(Cl)c(Cl)c1. The van der Waals surface area contributed by atoms with Crippen molar-refractivity contribution in [2.24, 2.45) is 0 Å². The zero-order valence-electron chi connectivity index (χ0n) is 9.56. The summed E-state index contributed by atoms with van der Waals surface area (Å²) in [6.07, 6.45) is 3.32. The number of aromatic nitrogens is 2. The summed E-state index contributed by atoms with van der Waals surface area (Å²) in [6, 6.07) is 5.20. The van der Waals surface area contributed by atoms with E-state index in [0.717, 1.165) is 5.56 Å². The molecule has 2 aromatic rings. The van der Waals surface area contributed by atoms with Gasteiger partial charge in [-0.1, -0.05) is 23.2 Å². The van der Waals surface area contributed by atoms with Crippen molar-refractivity contribution in [3.63, 3.8) is 0 Å². The van der Waals surface area contributed by atoms with Gasteiger partial charge in [0.15, 0.2) is 0 Å². The number of rotatable bonds is 3. The molecule has 0 spiro atoms. The summed E-state index contributed by atoms with van der Waals surface area (Å²) in [5.74, 6) is 0.299. The van der Waals surface area contributed by atoms with Crippen LogP contribution in [0.4, 0.5) is 0 Å². The number of methoxy groups -OCH3 is 1. The molecule has 0 bridgehead atoms. The van der Waals surface area contributed by atoms with Gasteiger partial charge in [-0.25, -0.2) is 4.98 Å². The second kappa shape index (κ2) is 5.42. The second-order valence-electron chi connectivity index (χ2n) is 3.58. The predicted molar refractivity (Wildman–Crippen MR) is 69.7 cm³/mol. The van der Waals surface area contributed by atoms with Gasteiger partial charge in [0.2, 0.25) is 0 Å². The van der Waals surface area contributed by atoms with Crippen molar-refractivity contribution in [3.8, 4) is 11.4 Å². The number of carbonyl (C=O) groups is 1. The Morgan fingerprint density at radius 1 is 1.39 bits per heavy atom. The molecule has 0 aliphatic rings. The fraction of sp³-hybridized carbons (Fsp3) is 0.167. The lowest BCUT2D eigenvalue weighted by atomic mass is 10.2. The van der Waals surface area contributed by atoms with Crippen LogP contribution in [0.3, 0.4) is 0 Å². The van der Waals surface area contributed by atoms with Crippen molar-refractivity contribution in [1.29, 1.82) is 0 Å². The summed E-state index contributed by atoms with van der Waals surface area (Å²) in [4.78, 5) is 15.5. The molecule has 0 saturated carbocycles. The molecule has 0 unspecified atom stereocenters. The number of hydrogen-bond donors (Lipinski definition) is 0. The molecule has 0 fully saturated rings. The van der Waals surface area contributed by atoms with Crippen molar-refractivity contribution < 1.29 is 9.53 Å². The molecule has 2 rings (SSSR count). The molecule has 0 radical (unpaired) electrons. The highest BCUT2D eigenvalue weighted by molar-refractivity contribution is 6.42. The van der Waals surface area contributed by atoms with Gasteiger partial charge in [-0.3, -0.25) is 4.79 Å². The fourth-order valence-electron chi connectivity index (χ4n) is 1.54. The van der Waals surface area contributed by atoms with Crippen LogP contribution in [0, 0.1) is 0 Å². The standard InChI is InChI=1S/C12H10Cl2N2O2/c1-18-11(17)7-16-5-4-15-12(16)8-2-3-9(13)10(14)6-8/h2-6H,7H2,1H3. The van der Waals surface area contributed by atoms with Crippen LogP contribution in [0.2, 0.25) is 10.0 Å². The molecule has 0 saturated heterocycles. The number of benzene rings is 1. The summed E-state index contributed by atoms with van der Waals surface area (Å²) in [7, 11) is 1.35. The number of halogens is 2. The number of esters is 1. The minimum Gasteiger partial charge on any atom is -0.468 e. The summed E-state index contributed by atoms with van der Waals surface area (Å²) in [5.41, 5.74) is 0.790. The van der Waals surface area contributed by atoms with E-state index in [-0.39, 0.29) is 12.5 Å². The van der Waals surface area contributed by atoms with Gasteiger partial charge in [0.25, 0.3) is 0 Å². The topological polar surface area (TPSA) is 44.1 Å². The molecule has 0 aliphatic heterocycles. The molecule has 0 aliphatic carbocycles. The third kappa shape index (κ3) is 2.66. The normalized spacial score (nSPS) is 10.4.